The number of rotatable bonds is 5. The number of hydrogen-bond acceptors (Lipinski definition) is 2. The van der Waals surface area contributed by atoms with Crippen molar-refractivity contribution in [3.05, 3.63) is 35.9 Å². The molecule has 3 heteroatoms. The Kier molecular flexibility index (Phi) is 4.97. The molecule has 1 aliphatic heterocycles. The van der Waals surface area contributed by atoms with E-state index in [-0.39, 0.29) is 18.0 Å². The topological polar surface area (TPSA) is 41.1 Å². The molecule has 2 unspecified atom stereocenters. The predicted octanol–water partition coefficient (Wildman–Crippen LogP) is 2.64. The van der Waals surface area contributed by atoms with Crippen molar-refractivity contribution in [1.82, 2.24) is 10.6 Å². The minimum Gasteiger partial charge on any atom is -0.355 e. The third kappa shape index (κ3) is 4.06. The zero-order valence-corrected chi connectivity index (χ0v) is 11.9. The number of amides is 1. The quantitative estimate of drug-likeness (QED) is 0.854. The Hall–Kier alpha value is -1.35. The zero-order chi connectivity index (χ0) is 13.7. The van der Waals surface area contributed by atoms with Crippen LogP contribution in [-0.2, 0) is 4.79 Å². The molecule has 1 amide bonds. The van der Waals surface area contributed by atoms with Crippen molar-refractivity contribution in [2.75, 3.05) is 6.54 Å². The van der Waals surface area contributed by atoms with Crippen molar-refractivity contribution in [3.63, 3.8) is 0 Å². The smallest absolute Gasteiger partial charge is 0.237 e. The molecule has 2 N–H and O–H groups in total. The SMILES string of the molecule is CC(C)CC(NC1CCCNC1=O)c1ccccc1. The fraction of sp³-hybridized carbons (Fsp3) is 0.562. The van der Waals surface area contributed by atoms with Crippen molar-refractivity contribution in [2.24, 2.45) is 5.92 Å². The van der Waals surface area contributed by atoms with E-state index < -0.39 is 0 Å². The van der Waals surface area contributed by atoms with Crippen LogP contribution in [0.3, 0.4) is 0 Å². The monoisotopic (exact) mass is 260 g/mol. The van der Waals surface area contributed by atoms with Gasteiger partial charge in [-0.2, -0.15) is 0 Å². The highest BCUT2D eigenvalue weighted by Gasteiger charge is 2.25. The Balaban J connectivity index is 2.07. The molecular formula is C16H24N2O. The van der Waals surface area contributed by atoms with Gasteiger partial charge in [-0.1, -0.05) is 44.2 Å². The number of hydrogen-bond donors (Lipinski definition) is 2. The normalized spacial score (nSPS) is 21.2. The Morgan fingerprint density at radius 2 is 2.05 bits per heavy atom. The van der Waals surface area contributed by atoms with Crippen molar-refractivity contribution < 1.29 is 4.79 Å². The van der Waals surface area contributed by atoms with E-state index in [0.717, 1.165) is 25.8 Å². The van der Waals surface area contributed by atoms with E-state index in [2.05, 4.69) is 48.7 Å². The second-order valence-electron chi connectivity index (χ2n) is 5.75. The van der Waals surface area contributed by atoms with Gasteiger partial charge >= 0.3 is 0 Å². The maximum atomic E-state index is 11.9. The van der Waals surface area contributed by atoms with Gasteiger partial charge < -0.3 is 5.32 Å². The van der Waals surface area contributed by atoms with Crippen LogP contribution in [0.4, 0.5) is 0 Å². The van der Waals surface area contributed by atoms with Crippen LogP contribution in [0.2, 0.25) is 0 Å². The zero-order valence-electron chi connectivity index (χ0n) is 11.9. The number of benzene rings is 1. The lowest BCUT2D eigenvalue weighted by Gasteiger charge is -2.29. The molecule has 0 spiro atoms. The van der Waals surface area contributed by atoms with Crippen LogP contribution in [0.1, 0.15) is 44.7 Å². The van der Waals surface area contributed by atoms with Crippen molar-refractivity contribution in [1.29, 1.82) is 0 Å². The molecule has 1 aromatic carbocycles. The summed E-state index contributed by atoms with van der Waals surface area (Å²) in [5, 5.41) is 6.48. The average molecular weight is 260 g/mol. The van der Waals surface area contributed by atoms with Crippen molar-refractivity contribution in [3.8, 4) is 0 Å². The molecule has 0 bridgehead atoms. The third-order valence-corrected chi connectivity index (χ3v) is 3.60. The summed E-state index contributed by atoms with van der Waals surface area (Å²) < 4.78 is 0. The summed E-state index contributed by atoms with van der Waals surface area (Å²) in [6.45, 7) is 5.26. The van der Waals surface area contributed by atoms with Crippen molar-refractivity contribution >= 4 is 5.91 Å². The van der Waals surface area contributed by atoms with Gasteiger partial charge in [-0.05, 0) is 30.7 Å². The van der Waals surface area contributed by atoms with Crippen LogP contribution in [0, 0.1) is 5.92 Å². The summed E-state index contributed by atoms with van der Waals surface area (Å²) in [6, 6.07) is 10.6. The fourth-order valence-corrected chi connectivity index (χ4v) is 2.63. The first kappa shape index (κ1) is 14.1. The van der Waals surface area contributed by atoms with E-state index in [9.17, 15) is 4.79 Å². The Morgan fingerprint density at radius 3 is 2.68 bits per heavy atom. The highest BCUT2D eigenvalue weighted by molar-refractivity contribution is 5.82. The van der Waals surface area contributed by atoms with Gasteiger partial charge in [0.2, 0.25) is 5.91 Å². The van der Waals surface area contributed by atoms with Crippen molar-refractivity contribution in [2.45, 2.75) is 45.2 Å². The summed E-state index contributed by atoms with van der Waals surface area (Å²) in [7, 11) is 0. The van der Waals surface area contributed by atoms with Crippen LogP contribution in [0.5, 0.6) is 0 Å². The molecule has 2 atom stereocenters. The molecule has 0 aromatic heterocycles. The summed E-state index contributed by atoms with van der Waals surface area (Å²) in [5.41, 5.74) is 1.27. The van der Waals surface area contributed by atoms with E-state index in [1.54, 1.807) is 0 Å². The standard InChI is InChI=1S/C16H24N2O/c1-12(2)11-15(13-7-4-3-5-8-13)18-14-9-6-10-17-16(14)19/h3-5,7-8,12,14-15,18H,6,9-11H2,1-2H3,(H,17,19). The Labute approximate surface area is 115 Å². The van der Waals surface area contributed by atoms with E-state index in [4.69, 9.17) is 0 Å². The van der Waals surface area contributed by atoms with Gasteiger partial charge in [-0.25, -0.2) is 0 Å². The predicted molar refractivity (Wildman–Crippen MR) is 77.8 cm³/mol. The molecule has 1 aliphatic rings. The van der Waals surface area contributed by atoms with Gasteiger partial charge in [0.25, 0.3) is 0 Å². The molecule has 0 radical (unpaired) electrons. The molecule has 1 fully saturated rings. The van der Waals surface area contributed by atoms with Crippen LogP contribution < -0.4 is 10.6 Å². The number of carbonyl (C=O) groups is 1. The molecule has 0 aliphatic carbocycles. The molecular weight excluding hydrogens is 236 g/mol. The number of nitrogens with one attached hydrogen (secondary N) is 2. The summed E-state index contributed by atoms with van der Waals surface area (Å²) in [6.07, 6.45) is 3.05. The minimum absolute atomic E-state index is 0.0438. The Bertz CT molecular complexity index is 402. The average Bonchev–Trinajstić information content (AvgIpc) is 2.41. The summed E-state index contributed by atoms with van der Waals surface area (Å²) >= 11 is 0. The van der Waals surface area contributed by atoms with Gasteiger partial charge in [0, 0.05) is 12.6 Å². The van der Waals surface area contributed by atoms with Crippen LogP contribution >= 0.6 is 0 Å². The highest BCUT2D eigenvalue weighted by atomic mass is 16.2. The van der Waals surface area contributed by atoms with Gasteiger partial charge in [0.15, 0.2) is 0 Å². The second-order valence-corrected chi connectivity index (χ2v) is 5.75. The Morgan fingerprint density at radius 1 is 1.32 bits per heavy atom. The summed E-state index contributed by atoms with van der Waals surface area (Å²) in [5.74, 6) is 0.750. The van der Waals surface area contributed by atoms with Gasteiger partial charge in [0.1, 0.15) is 0 Å². The van der Waals surface area contributed by atoms with Crippen LogP contribution in [-0.4, -0.2) is 18.5 Å². The molecule has 1 heterocycles. The number of carbonyl (C=O) groups excluding carboxylic acids is 1. The first-order valence-corrected chi connectivity index (χ1v) is 7.25. The highest BCUT2D eigenvalue weighted by Crippen LogP contribution is 2.22. The largest absolute Gasteiger partial charge is 0.355 e. The van der Waals surface area contributed by atoms with Crippen LogP contribution in [0.25, 0.3) is 0 Å². The molecule has 3 nitrogen and oxygen atoms in total. The first-order valence-electron chi connectivity index (χ1n) is 7.25. The van der Waals surface area contributed by atoms with Gasteiger partial charge in [-0.3, -0.25) is 10.1 Å². The molecule has 2 rings (SSSR count). The lowest BCUT2D eigenvalue weighted by Crippen LogP contribution is -2.49. The molecule has 1 aromatic rings. The minimum atomic E-state index is -0.0438. The van der Waals surface area contributed by atoms with E-state index in [0.29, 0.717) is 5.92 Å². The van der Waals surface area contributed by atoms with Gasteiger partial charge in [-0.15, -0.1) is 0 Å². The number of piperidine rings is 1. The maximum absolute atomic E-state index is 11.9. The molecule has 1 saturated heterocycles. The summed E-state index contributed by atoms with van der Waals surface area (Å²) in [4.78, 5) is 11.9. The fourth-order valence-electron chi connectivity index (χ4n) is 2.63. The van der Waals surface area contributed by atoms with E-state index in [1.165, 1.54) is 5.56 Å². The van der Waals surface area contributed by atoms with Crippen LogP contribution in [0.15, 0.2) is 30.3 Å². The van der Waals surface area contributed by atoms with Gasteiger partial charge in [0.05, 0.1) is 6.04 Å². The third-order valence-electron chi connectivity index (χ3n) is 3.60. The van der Waals surface area contributed by atoms with E-state index >= 15 is 0 Å². The lowest BCUT2D eigenvalue weighted by atomic mass is 9.95. The van der Waals surface area contributed by atoms with E-state index in [1.807, 2.05) is 6.07 Å². The molecule has 104 valence electrons. The second kappa shape index (κ2) is 6.71. The first-order chi connectivity index (χ1) is 9.16. The molecule has 19 heavy (non-hydrogen) atoms. The lowest BCUT2D eigenvalue weighted by molar-refractivity contribution is -0.124. The molecule has 0 saturated carbocycles. The maximum Gasteiger partial charge on any atom is 0.237 e.